The van der Waals surface area contributed by atoms with E-state index >= 15 is 0 Å². The van der Waals surface area contributed by atoms with Crippen molar-refractivity contribution < 1.29 is 28.6 Å². The smallest absolute Gasteiger partial charge is 0.306 e. The SMILES string of the molecule is CCCCC/C=C\CCCCCCCC(=O)O[C@@H](COC(=O)CCCCCCC/C=C\CCCCCCCC)COC(=O)CCCCCCCCCCCCC. The summed E-state index contributed by atoms with van der Waals surface area (Å²) in [6.45, 7) is 6.60. The van der Waals surface area contributed by atoms with Crippen LogP contribution >= 0.6 is 0 Å². The number of carbonyl (C=O) groups excluding carboxylic acids is 3. The van der Waals surface area contributed by atoms with E-state index in [0.717, 1.165) is 70.6 Å². The molecule has 0 aliphatic carbocycles. The van der Waals surface area contributed by atoms with E-state index in [1.807, 2.05) is 0 Å². The van der Waals surface area contributed by atoms with Crippen LogP contribution in [0.15, 0.2) is 24.3 Å². The lowest BCUT2D eigenvalue weighted by atomic mass is 10.1. The van der Waals surface area contributed by atoms with Crippen LogP contribution in [-0.2, 0) is 28.6 Å². The van der Waals surface area contributed by atoms with E-state index in [1.165, 1.54) is 148 Å². The Labute approximate surface area is 347 Å². The van der Waals surface area contributed by atoms with Crippen LogP contribution in [0.4, 0.5) is 0 Å². The van der Waals surface area contributed by atoms with Crippen LogP contribution in [0.1, 0.15) is 258 Å². The van der Waals surface area contributed by atoms with Crippen molar-refractivity contribution in [2.24, 2.45) is 0 Å². The van der Waals surface area contributed by atoms with Gasteiger partial charge in [-0.15, -0.1) is 0 Å². The summed E-state index contributed by atoms with van der Waals surface area (Å²) < 4.78 is 16.7. The zero-order chi connectivity index (χ0) is 40.8. The Bertz CT molecular complexity index is 911. The average Bonchev–Trinajstić information content (AvgIpc) is 3.19. The second-order valence-electron chi connectivity index (χ2n) is 16.4. The summed E-state index contributed by atoms with van der Waals surface area (Å²) in [6, 6.07) is 0. The van der Waals surface area contributed by atoms with Crippen molar-refractivity contribution in [3.05, 3.63) is 24.3 Å². The molecule has 0 aromatic carbocycles. The first-order valence-corrected chi connectivity index (χ1v) is 24.3. The third-order valence-corrected chi connectivity index (χ3v) is 10.7. The molecule has 0 amide bonds. The fraction of sp³-hybridized carbons (Fsp3) is 0.860. The Morgan fingerprint density at radius 2 is 0.589 bits per heavy atom. The molecule has 0 spiro atoms. The molecular formula is C50H92O6. The van der Waals surface area contributed by atoms with Crippen molar-refractivity contribution >= 4 is 17.9 Å². The molecule has 0 fully saturated rings. The van der Waals surface area contributed by atoms with Gasteiger partial charge in [-0.1, -0.05) is 193 Å². The first kappa shape index (κ1) is 53.9. The van der Waals surface area contributed by atoms with E-state index in [4.69, 9.17) is 14.2 Å². The topological polar surface area (TPSA) is 78.9 Å². The predicted octanol–water partition coefficient (Wildman–Crippen LogP) is 15.6. The molecule has 0 radical (unpaired) electrons. The third kappa shape index (κ3) is 43.0. The summed E-state index contributed by atoms with van der Waals surface area (Å²) in [5.74, 6) is -0.885. The summed E-state index contributed by atoms with van der Waals surface area (Å²) in [7, 11) is 0. The van der Waals surface area contributed by atoms with Crippen LogP contribution in [-0.4, -0.2) is 37.2 Å². The number of carbonyl (C=O) groups is 3. The molecule has 0 saturated heterocycles. The highest BCUT2D eigenvalue weighted by molar-refractivity contribution is 5.71. The number of unbranched alkanes of at least 4 members (excludes halogenated alkanes) is 29. The molecule has 0 rings (SSSR count). The molecule has 0 heterocycles. The van der Waals surface area contributed by atoms with Gasteiger partial charge in [0.2, 0.25) is 0 Å². The standard InChI is InChI=1S/C50H92O6/c1-4-7-10-13-16-19-22-24-25-26-29-31-34-37-40-43-49(52)55-46-47(45-54-48(51)42-39-36-33-30-27-21-18-15-12-9-6-3)56-50(53)44-41-38-35-32-28-23-20-17-14-11-8-5-2/h17,20,24-25,47H,4-16,18-19,21-23,26-46H2,1-3H3/b20-17-,25-24-/t47-/m1/s1. The van der Waals surface area contributed by atoms with E-state index in [2.05, 4.69) is 45.1 Å². The number of ether oxygens (including phenoxy) is 3. The summed E-state index contributed by atoms with van der Waals surface area (Å²) in [5, 5.41) is 0. The highest BCUT2D eigenvalue weighted by Crippen LogP contribution is 2.15. The Hall–Kier alpha value is -2.11. The summed E-state index contributed by atoms with van der Waals surface area (Å²) in [5.41, 5.74) is 0. The van der Waals surface area contributed by atoms with Gasteiger partial charge in [0.1, 0.15) is 13.2 Å². The minimum atomic E-state index is -0.772. The van der Waals surface area contributed by atoms with Gasteiger partial charge in [-0.2, -0.15) is 0 Å². The van der Waals surface area contributed by atoms with E-state index in [1.54, 1.807) is 0 Å². The van der Waals surface area contributed by atoms with Gasteiger partial charge in [-0.25, -0.2) is 0 Å². The molecule has 0 bridgehead atoms. The van der Waals surface area contributed by atoms with Crippen LogP contribution in [0.2, 0.25) is 0 Å². The number of rotatable bonds is 44. The highest BCUT2D eigenvalue weighted by Gasteiger charge is 2.19. The van der Waals surface area contributed by atoms with Crippen molar-refractivity contribution in [2.45, 2.75) is 264 Å². The second kappa shape index (κ2) is 45.6. The van der Waals surface area contributed by atoms with Gasteiger partial charge in [0, 0.05) is 19.3 Å². The van der Waals surface area contributed by atoms with Gasteiger partial charge in [0.05, 0.1) is 0 Å². The first-order valence-electron chi connectivity index (χ1n) is 24.3. The Kier molecular flexibility index (Phi) is 43.9. The molecule has 0 aliphatic heterocycles. The lowest BCUT2D eigenvalue weighted by Gasteiger charge is -2.18. The lowest BCUT2D eigenvalue weighted by Crippen LogP contribution is -2.30. The van der Waals surface area contributed by atoms with E-state index < -0.39 is 6.10 Å². The molecule has 0 aromatic heterocycles. The first-order chi connectivity index (χ1) is 27.5. The molecular weight excluding hydrogens is 697 g/mol. The van der Waals surface area contributed by atoms with Gasteiger partial charge >= 0.3 is 17.9 Å². The minimum Gasteiger partial charge on any atom is -0.462 e. The molecule has 0 N–H and O–H groups in total. The van der Waals surface area contributed by atoms with Gasteiger partial charge in [-0.05, 0) is 70.6 Å². The van der Waals surface area contributed by atoms with Crippen molar-refractivity contribution in [1.29, 1.82) is 0 Å². The number of esters is 3. The molecule has 0 aliphatic rings. The molecule has 6 nitrogen and oxygen atoms in total. The van der Waals surface area contributed by atoms with E-state index in [0.29, 0.717) is 19.3 Å². The van der Waals surface area contributed by atoms with Crippen LogP contribution < -0.4 is 0 Å². The summed E-state index contributed by atoms with van der Waals surface area (Å²) in [6.07, 6.45) is 50.1. The van der Waals surface area contributed by atoms with Crippen molar-refractivity contribution in [3.8, 4) is 0 Å². The average molecular weight is 789 g/mol. The molecule has 328 valence electrons. The van der Waals surface area contributed by atoms with Crippen molar-refractivity contribution in [2.75, 3.05) is 13.2 Å². The fourth-order valence-corrected chi connectivity index (χ4v) is 6.96. The number of hydrogen-bond donors (Lipinski definition) is 0. The van der Waals surface area contributed by atoms with Crippen LogP contribution in [0.25, 0.3) is 0 Å². The number of hydrogen-bond acceptors (Lipinski definition) is 6. The van der Waals surface area contributed by atoms with Gasteiger partial charge in [0.25, 0.3) is 0 Å². The third-order valence-electron chi connectivity index (χ3n) is 10.7. The molecule has 6 heteroatoms. The highest BCUT2D eigenvalue weighted by atomic mass is 16.6. The quantitative estimate of drug-likeness (QED) is 0.0265. The number of allylic oxidation sites excluding steroid dienone is 4. The van der Waals surface area contributed by atoms with Crippen LogP contribution in [0.3, 0.4) is 0 Å². The van der Waals surface area contributed by atoms with Gasteiger partial charge < -0.3 is 14.2 Å². The Morgan fingerprint density at radius 3 is 0.929 bits per heavy atom. The maximum Gasteiger partial charge on any atom is 0.306 e. The molecule has 0 unspecified atom stereocenters. The van der Waals surface area contributed by atoms with Gasteiger partial charge in [0.15, 0.2) is 6.10 Å². The molecule has 0 saturated carbocycles. The molecule has 1 atom stereocenters. The largest absolute Gasteiger partial charge is 0.462 e. The molecule has 0 aromatic rings. The molecule has 56 heavy (non-hydrogen) atoms. The maximum atomic E-state index is 12.7. The Morgan fingerprint density at radius 1 is 0.339 bits per heavy atom. The van der Waals surface area contributed by atoms with Crippen LogP contribution in [0.5, 0.6) is 0 Å². The second-order valence-corrected chi connectivity index (χ2v) is 16.4. The maximum absolute atomic E-state index is 12.7. The monoisotopic (exact) mass is 789 g/mol. The minimum absolute atomic E-state index is 0.0742. The zero-order valence-corrected chi connectivity index (χ0v) is 37.4. The Balaban J connectivity index is 4.36. The van der Waals surface area contributed by atoms with E-state index in [-0.39, 0.29) is 31.1 Å². The zero-order valence-electron chi connectivity index (χ0n) is 37.4. The predicted molar refractivity (Wildman–Crippen MR) is 238 cm³/mol. The van der Waals surface area contributed by atoms with E-state index in [9.17, 15) is 14.4 Å². The normalized spacial score (nSPS) is 12.1. The van der Waals surface area contributed by atoms with Gasteiger partial charge in [-0.3, -0.25) is 14.4 Å². The van der Waals surface area contributed by atoms with Crippen molar-refractivity contribution in [3.63, 3.8) is 0 Å². The fourth-order valence-electron chi connectivity index (χ4n) is 6.96. The van der Waals surface area contributed by atoms with Crippen LogP contribution in [0, 0.1) is 0 Å². The lowest BCUT2D eigenvalue weighted by molar-refractivity contribution is -0.167. The summed E-state index contributed by atoms with van der Waals surface area (Å²) >= 11 is 0. The summed E-state index contributed by atoms with van der Waals surface area (Å²) in [4.78, 5) is 37.8. The van der Waals surface area contributed by atoms with Crippen molar-refractivity contribution in [1.82, 2.24) is 0 Å².